The van der Waals surface area contributed by atoms with Crippen molar-refractivity contribution in [1.29, 1.82) is 0 Å². The first kappa shape index (κ1) is 23.8. The maximum absolute atomic E-state index is 13.0. The van der Waals surface area contributed by atoms with Crippen LogP contribution in [0.1, 0.15) is 19.4 Å². The Balaban J connectivity index is 1.93. The lowest BCUT2D eigenvalue weighted by atomic mass is 10.2. The number of carbonyl (C=O) groups is 1. The van der Waals surface area contributed by atoms with E-state index in [9.17, 15) is 4.79 Å². The second-order valence-electron chi connectivity index (χ2n) is 6.51. The van der Waals surface area contributed by atoms with Crippen LogP contribution in [0.2, 0.25) is 0 Å². The van der Waals surface area contributed by atoms with Gasteiger partial charge in [0.25, 0.3) is 5.91 Å². The van der Waals surface area contributed by atoms with Gasteiger partial charge in [0.15, 0.2) is 16.7 Å². The number of terminal acetylenes is 1. The van der Waals surface area contributed by atoms with Gasteiger partial charge in [-0.15, -0.1) is 6.42 Å². The molecule has 0 bridgehead atoms. The molecule has 1 aliphatic heterocycles. The van der Waals surface area contributed by atoms with Crippen molar-refractivity contribution in [3.05, 3.63) is 51.3 Å². The molecule has 0 aliphatic carbocycles. The Labute approximate surface area is 200 Å². The molecule has 8 heteroatoms. The number of carbonyl (C=O) groups excluding carboxylic acids is 1. The van der Waals surface area contributed by atoms with E-state index in [1.165, 1.54) is 11.8 Å². The topological polar surface area (TPSA) is 60.4 Å². The number of methoxy groups -OCH3 is 1. The Kier molecular flexibility index (Phi) is 8.26. The molecule has 1 fully saturated rings. The highest BCUT2D eigenvalue weighted by molar-refractivity contribution is 9.10. The zero-order chi connectivity index (χ0) is 23.1. The number of thioether (sulfide) groups is 1. The number of aliphatic imine (C=N–C) groups is 1. The highest BCUT2D eigenvalue weighted by Crippen LogP contribution is 2.39. The average molecular weight is 515 g/mol. The molecule has 1 amide bonds. The van der Waals surface area contributed by atoms with Crippen molar-refractivity contribution in [2.75, 3.05) is 26.9 Å². The minimum atomic E-state index is -0.0912. The molecule has 0 spiro atoms. The van der Waals surface area contributed by atoms with Crippen LogP contribution >= 0.6 is 27.7 Å². The van der Waals surface area contributed by atoms with Crippen molar-refractivity contribution in [2.24, 2.45) is 4.99 Å². The molecule has 0 N–H and O–H groups in total. The SMILES string of the molecule is C#CCOc1c(Br)cc(/C=C2/SC(=Nc3ccc(OC)cc3)N(CC)C2=O)cc1OCC. The smallest absolute Gasteiger partial charge is 0.266 e. The van der Waals surface area contributed by atoms with Crippen molar-refractivity contribution >= 4 is 50.5 Å². The number of halogens is 1. The van der Waals surface area contributed by atoms with Gasteiger partial charge in [-0.3, -0.25) is 9.69 Å². The number of hydrogen-bond acceptors (Lipinski definition) is 6. The zero-order valence-corrected chi connectivity index (χ0v) is 20.5. The number of likely N-dealkylation sites (N-methyl/N-ethyl adjacent to an activating group) is 1. The fourth-order valence-electron chi connectivity index (χ4n) is 2.98. The summed E-state index contributed by atoms with van der Waals surface area (Å²) in [6.45, 7) is 4.93. The number of hydrogen-bond donors (Lipinski definition) is 0. The first-order valence-electron chi connectivity index (χ1n) is 9.97. The summed E-state index contributed by atoms with van der Waals surface area (Å²) in [7, 11) is 1.62. The molecular weight excluding hydrogens is 492 g/mol. The Morgan fingerprint density at radius 1 is 1.22 bits per heavy atom. The quantitative estimate of drug-likeness (QED) is 0.344. The highest BCUT2D eigenvalue weighted by atomic mass is 79.9. The maximum atomic E-state index is 13.0. The third-order valence-corrected chi connectivity index (χ3v) is 6.03. The van der Waals surface area contributed by atoms with Crippen molar-refractivity contribution in [2.45, 2.75) is 13.8 Å². The average Bonchev–Trinajstić information content (AvgIpc) is 3.07. The van der Waals surface area contributed by atoms with Gasteiger partial charge in [-0.25, -0.2) is 4.99 Å². The summed E-state index contributed by atoms with van der Waals surface area (Å²) in [5, 5.41) is 0.631. The molecule has 32 heavy (non-hydrogen) atoms. The summed E-state index contributed by atoms with van der Waals surface area (Å²) in [6, 6.07) is 11.1. The van der Waals surface area contributed by atoms with Crippen molar-refractivity contribution in [3.8, 4) is 29.6 Å². The van der Waals surface area contributed by atoms with E-state index in [4.69, 9.17) is 20.6 Å². The van der Waals surface area contributed by atoms with E-state index >= 15 is 0 Å². The monoisotopic (exact) mass is 514 g/mol. The number of rotatable bonds is 8. The van der Waals surface area contributed by atoms with E-state index in [0.717, 1.165) is 17.0 Å². The molecular formula is C24H23BrN2O4S. The number of ether oxygens (including phenoxy) is 3. The summed E-state index contributed by atoms with van der Waals surface area (Å²) < 4.78 is 17.2. The normalized spacial score (nSPS) is 15.8. The van der Waals surface area contributed by atoms with Crippen molar-refractivity contribution in [3.63, 3.8) is 0 Å². The van der Waals surface area contributed by atoms with Crippen LogP contribution < -0.4 is 14.2 Å². The lowest BCUT2D eigenvalue weighted by Gasteiger charge is -2.13. The number of benzene rings is 2. The number of nitrogens with zero attached hydrogens (tertiary/aromatic N) is 2. The van der Waals surface area contributed by atoms with E-state index < -0.39 is 0 Å². The fourth-order valence-corrected chi connectivity index (χ4v) is 4.61. The minimum Gasteiger partial charge on any atom is -0.497 e. The molecule has 1 heterocycles. The van der Waals surface area contributed by atoms with Crippen molar-refractivity contribution < 1.29 is 19.0 Å². The van der Waals surface area contributed by atoms with Gasteiger partial charge in [0.2, 0.25) is 0 Å². The van der Waals surface area contributed by atoms with E-state index in [1.54, 1.807) is 12.0 Å². The predicted molar refractivity (Wildman–Crippen MR) is 133 cm³/mol. The molecule has 0 atom stereocenters. The molecule has 3 rings (SSSR count). The van der Waals surface area contributed by atoms with E-state index in [1.807, 2.05) is 56.3 Å². The zero-order valence-electron chi connectivity index (χ0n) is 18.1. The molecule has 0 unspecified atom stereocenters. The number of amides is 1. The molecule has 0 saturated carbocycles. The summed E-state index contributed by atoms with van der Waals surface area (Å²) in [4.78, 5) is 19.9. The first-order valence-corrected chi connectivity index (χ1v) is 11.6. The van der Waals surface area contributed by atoms with Crippen LogP contribution in [-0.4, -0.2) is 42.8 Å². The van der Waals surface area contributed by atoms with Crippen LogP contribution in [0, 0.1) is 12.3 Å². The van der Waals surface area contributed by atoms with Gasteiger partial charge < -0.3 is 14.2 Å². The molecule has 166 valence electrons. The van der Waals surface area contributed by atoms with Gasteiger partial charge >= 0.3 is 0 Å². The largest absolute Gasteiger partial charge is 0.497 e. The lowest BCUT2D eigenvalue weighted by molar-refractivity contribution is -0.122. The minimum absolute atomic E-state index is 0.0912. The van der Waals surface area contributed by atoms with Gasteiger partial charge in [0, 0.05) is 6.54 Å². The summed E-state index contributed by atoms with van der Waals surface area (Å²) in [5.74, 6) is 4.20. The van der Waals surface area contributed by atoms with E-state index in [-0.39, 0.29) is 12.5 Å². The molecule has 2 aromatic carbocycles. The summed E-state index contributed by atoms with van der Waals surface area (Å²) in [5.41, 5.74) is 1.54. The maximum Gasteiger partial charge on any atom is 0.266 e. The van der Waals surface area contributed by atoms with Crippen LogP contribution in [0.3, 0.4) is 0 Å². The van der Waals surface area contributed by atoms with Crippen molar-refractivity contribution in [1.82, 2.24) is 4.90 Å². The molecule has 1 saturated heterocycles. The van der Waals surface area contributed by atoms with Gasteiger partial charge in [-0.1, -0.05) is 5.92 Å². The standard InChI is InChI=1S/C24H23BrN2O4S/c1-5-12-31-22-19(25)13-16(14-20(22)30-7-3)15-21-23(28)27(6-2)24(32-21)26-17-8-10-18(29-4)11-9-17/h1,8-11,13-15H,6-7,12H2,2-4H3/b21-15+,26-24?. The summed E-state index contributed by atoms with van der Waals surface area (Å²) in [6.07, 6.45) is 7.13. The third-order valence-electron chi connectivity index (χ3n) is 4.43. The number of amidine groups is 1. The van der Waals surface area contributed by atoms with Gasteiger partial charge in [-0.2, -0.15) is 0 Å². The predicted octanol–water partition coefficient (Wildman–Crippen LogP) is 5.49. The highest BCUT2D eigenvalue weighted by Gasteiger charge is 2.32. The lowest BCUT2D eigenvalue weighted by Crippen LogP contribution is -2.28. The van der Waals surface area contributed by atoms with Crippen LogP contribution in [0.25, 0.3) is 6.08 Å². The van der Waals surface area contributed by atoms with Crippen LogP contribution in [0.15, 0.2) is 50.8 Å². The van der Waals surface area contributed by atoms with Gasteiger partial charge in [-0.05, 0) is 89.6 Å². The molecule has 0 radical (unpaired) electrons. The van der Waals surface area contributed by atoms with Crippen LogP contribution in [0.5, 0.6) is 17.2 Å². The first-order chi connectivity index (χ1) is 15.5. The van der Waals surface area contributed by atoms with Crippen LogP contribution in [-0.2, 0) is 4.79 Å². The second kappa shape index (κ2) is 11.1. The molecule has 2 aromatic rings. The van der Waals surface area contributed by atoms with Gasteiger partial charge in [0.1, 0.15) is 12.4 Å². The molecule has 1 aliphatic rings. The molecule has 0 aromatic heterocycles. The van der Waals surface area contributed by atoms with E-state index in [0.29, 0.717) is 39.2 Å². The molecule has 6 nitrogen and oxygen atoms in total. The fraction of sp³-hybridized carbons (Fsp3) is 0.250. The Morgan fingerprint density at radius 2 is 1.97 bits per heavy atom. The summed E-state index contributed by atoms with van der Waals surface area (Å²) >= 11 is 4.85. The van der Waals surface area contributed by atoms with Crippen LogP contribution in [0.4, 0.5) is 5.69 Å². The Morgan fingerprint density at radius 3 is 2.59 bits per heavy atom. The van der Waals surface area contributed by atoms with Gasteiger partial charge in [0.05, 0.1) is 28.8 Å². The third kappa shape index (κ3) is 5.47. The Bertz CT molecular complexity index is 1090. The Hall–Kier alpha value is -2.89. The van der Waals surface area contributed by atoms with E-state index in [2.05, 4.69) is 26.8 Å². The second-order valence-corrected chi connectivity index (χ2v) is 8.37.